The number of carboxylic acid groups (broad SMARTS) is 1. The summed E-state index contributed by atoms with van der Waals surface area (Å²) >= 11 is 10.2. The molecule has 170 valence electrons. The van der Waals surface area contributed by atoms with E-state index in [4.69, 9.17) is 26.2 Å². The molecule has 0 radical (unpaired) electrons. The molecule has 0 aromatic heterocycles. The lowest BCUT2D eigenvalue weighted by atomic mass is 10.1. The molecule has 0 heterocycles. The fraction of sp³-hybridized carbons (Fsp3) is 0.0870. The Labute approximate surface area is 222 Å². The monoisotopic (exact) mass is 690 g/mol. The largest absolute Gasteiger partial charge is 0.487 e. The minimum absolute atomic E-state index is 0.172. The van der Waals surface area contributed by atoms with Crippen LogP contribution in [0.1, 0.15) is 21.5 Å². The van der Waals surface area contributed by atoms with Crippen LogP contribution in [-0.4, -0.2) is 29.8 Å². The lowest BCUT2D eigenvalue weighted by Crippen LogP contribution is -2.24. The number of halogens is 3. The Morgan fingerprint density at radius 3 is 2.24 bits per heavy atom. The van der Waals surface area contributed by atoms with Gasteiger partial charge >= 0.3 is 5.97 Å². The SMILES string of the molecule is O=C(COc1ccc(Cl)cc1)N/N=C\c1cc(I)c(OCc2ccc(C(=O)O)cc2)c(I)c1. The van der Waals surface area contributed by atoms with E-state index in [0.717, 1.165) is 24.0 Å². The van der Waals surface area contributed by atoms with Crippen molar-refractivity contribution >= 4 is 74.9 Å². The molecular weight excluding hydrogens is 674 g/mol. The molecule has 0 bridgehead atoms. The van der Waals surface area contributed by atoms with Gasteiger partial charge in [-0.25, -0.2) is 10.2 Å². The minimum atomic E-state index is -0.964. The second-order valence-corrected chi connectivity index (χ2v) is 9.40. The molecule has 0 aliphatic rings. The summed E-state index contributed by atoms with van der Waals surface area (Å²) in [6.07, 6.45) is 1.54. The fourth-order valence-electron chi connectivity index (χ4n) is 2.58. The van der Waals surface area contributed by atoms with Gasteiger partial charge in [-0.2, -0.15) is 5.10 Å². The van der Waals surface area contributed by atoms with Gasteiger partial charge in [0.05, 0.1) is 18.9 Å². The smallest absolute Gasteiger partial charge is 0.335 e. The van der Waals surface area contributed by atoms with Gasteiger partial charge in [-0.05, 0) is 105 Å². The first kappa shape index (κ1) is 25.2. The minimum Gasteiger partial charge on any atom is -0.487 e. The molecule has 0 saturated heterocycles. The van der Waals surface area contributed by atoms with Crippen LogP contribution in [0, 0.1) is 7.14 Å². The van der Waals surface area contributed by atoms with Crippen molar-refractivity contribution < 1.29 is 24.2 Å². The van der Waals surface area contributed by atoms with E-state index in [1.165, 1.54) is 0 Å². The molecule has 3 rings (SSSR count). The van der Waals surface area contributed by atoms with Crippen LogP contribution in [0.15, 0.2) is 65.8 Å². The van der Waals surface area contributed by atoms with Crippen molar-refractivity contribution in [3.8, 4) is 11.5 Å². The maximum Gasteiger partial charge on any atom is 0.335 e. The van der Waals surface area contributed by atoms with E-state index in [1.807, 2.05) is 12.1 Å². The van der Waals surface area contributed by atoms with E-state index in [1.54, 1.807) is 54.7 Å². The summed E-state index contributed by atoms with van der Waals surface area (Å²) in [6, 6.07) is 17.0. The van der Waals surface area contributed by atoms with Crippen LogP contribution in [0.3, 0.4) is 0 Å². The van der Waals surface area contributed by atoms with E-state index in [-0.39, 0.29) is 18.1 Å². The molecule has 3 aromatic carbocycles. The molecule has 0 atom stereocenters. The lowest BCUT2D eigenvalue weighted by Gasteiger charge is -2.11. The number of hydrogen-bond acceptors (Lipinski definition) is 5. The van der Waals surface area contributed by atoms with Crippen LogP contribution in [0.4, 0.5) is 0 Å². The highest BCUT2D eigenvalue weighted by Gasteiger charge is 2.10. The Balaban J connectivity index is 1.53. The molecule has 0 saturated carbocycles. The molecule has 0 fully saturated rings. The third-order valence-electron chi connectivity index (χ3n) is 4.19. The second kappa shape index (κ2) is 12.2. The highest BCUT2D eigenvalue weighted by Crippen LogP contribution is 2.29. The number of hydrazone groups is 1. The Hall–Kier alpha value is -2.38. The van der Waals surface area contributed by atoms with Crippen molar-refractivity contribution in [1.82, 2.24) is 5.43 Å². The number of carboxylic acids is 1. The standard InChI is InChI=1S/C23H17ClI2N2O5/c24-17-5-7-18(8-6-17)32-13-21(29)28-27-11-15-9-19(25)22(20(26)10-15)33-12-14-1-3-16(4-2-14)23(30)31/h1-11H,12-13H2,(H,28,29)(H,30,31)/b27-11-. The van der Waals surface area contributed by atoms with Crippen LogP contribution in [0.5, 0.6) is 11.5 Å². The van der Waals surface area contributed by atoms with E-state index in [9.17, 15) is 9.59 Å². The summed E-state index contributed by atoms with van der Waals surface area (Å²) in [5.41, 5.74) is 4.31. The van der Waals surface area contributed by atoms with E-state index in [2.05, 4.69) is 55.7 Å². The number of rotatable bonds is 9. The zero-order chi connectivity index (χ0) is 23.8. The number of amides is 1. The van der Waals surface area contributed by atoms with Gasteiger partial charge in [0.1, 0.15) is 18.1 Å². The van der Waals surface area contributed by atoms with E-state index >= 15 is 0 Å². The Morgan fingerprint density at radius 2 is 1.64 bits per heavy atom. The number of nitrogens with one attached hydrogen (secondary N) is 1. The predicted molar refractivity (Wildman–Crippen MR) is 142 cm³/mol. The molecule has 0 aliphatic carbocycles. The van der Waals surface area contributed by atoms with Crippen molar-refractivity contribution in [3.05, 3.63) is 89.5 Å². The third-order valence-corrected chi connectivity index (χ3v) is 6.05. The molecule has 2 N–H and O–H groups in total. The van der Waals surface area contributed by atoms with Gasteiger partial charge in [0, 0.05) is 5.02 Å². The van der Waals surface area contributed by atoms with E-state index in [0.29, 0.717) is 17.4 Å². The number of ether oxygens (including phenoxy) is 2. The normalized spacial score (nSPS) is 10.8. The van der Waals surface area contributed by atoms with Crippen molar-refractivity contribution in [1.29, 1.82) is 0 Å². The van der Waals surface area contributed by atoms with Gasteiger partial charge in [0.25, 0.3) is 5.91 Å². The molecular formula is C23H17ClI2N2O5. The van der Waals surface area contributed by atoms with Gasteiger partial charge in [0.2, 0.25) is 0 Å². The second-order valence-electron chi connectivity index (χ2n) is 6.64. The number of aromatic carboxylic acids is 1. The first-order valence-corrected chi connectivity index (χ1v) is 12.0. The Bertz CT molecular complexity index is 1150. The highest BCUT2D eigenvalue weighted by atomic mass is 127. The topological polar surface area (TPSA) is 97.2 Å². The summed E-state index contributed by atoms with van der Waals surface area (Å²) < 4.78 is 13.1. The summed E-state index contributed by atoms with van der Waals surface area (Å²) in [7, 11) is 0. The van der Waals surface area contributed by atoms with Crippen LogP contribution in [-0.2, 0) is 11.4 Å². The predicted octanol–water partition coefficient (Wildman–Crippen LogP) is 5.36. The zero-order valence-electron chi connectivity index (χ0n) is 16.9. The number of benzene rings is 3. The van der Waals surface area contributed by atoms with Gasteiger partial charge in [0.15, 0.2) is 6.61 Å². The molecule has 0 spiro atoms. The maximum absolute atomic E-state index is 11.9. The van der Waals surface area contributed by atoms with Crippen LogP contribution < -0.4 is 14.9 Å². The zero-order valence-corrected chi connectivity index (χ0v) is 22.0. The first-order valence-electron chi connectivity index (χ1n) is 9.46. The summed E-state index contributed by atoms with van der Waals surface area (Å²) in [5.74, 6) is -0.0966. The average Bonchev–Trinajstić information content (AvgIpc) is 2.78. The van der Waals surface area contributed by atoms with Gasteiger partial charge < -0.3 is 14.6 Å². The van der Waals surface area contributed by atoms with Gasteiger partial charge in [-0.3, -0.25) is 4.79 Å². The fourth-order valence-corrected chi connectivity index (χ4v) is 4.84. The van der Waals surface area contributed by atoms with Crippen molar-refractivity contribution in [2.45, 2.75) is 6.61 Å². The molecule has 3 aromatic rings. The molecule has 10 heteroatoms. The van der Waals surface area contributed by atoms with Crippen molar-refractivity contribution in [3.63, 3.8) is 0 Å². The number of carbonyl (C=O) groups excluding carboxylic acids is 1. The number of nitrogens with zero attached hydrogens (tertiary/aromatic N) is 1. The molecule has 1 amide bonds. The number of hydrogen-bond donors (Lipinski definition) is 2. The van der Waals surface area contributed by atoms with Crippen LogP contribution >= 0.6 is 56.8 Å². The van der Waals surface area contributed by atoms with E-state index < -0.39 is 5.97 Å². The average molecular weight is 691 g/mol. The van der Waals surface area contributed by atoms with Crippen molar-refractivity contribution in [2.24, 2.45) is 5.10 Å². The highest BCUT2D eigenvalue weighted by molar-refractivity contribution is 14.1. The summed E-state index contributed by atoms with van der Waals surface area (Å²) in [6.45, 7) is 0.136. The Kier molecular flexibility index (Phi) is 9.32. The lowest BCUT2D eigenvalue weighted by molar-refractivity contribution is -0.123. The quantitative estimate of drug-likeness (QED) is 0.179. The molecule has 0 aliphatic heterocycles. The first-order chi connectivity index (χ1) is 15.8. The molecule has 7 nitrogen and oxygen atoms in total. The Morgan fingerprint density at radius 1 is 1.00 bits per heavy atom. The summed E-state index contributed by atoms with van der Waals surface area (Å²) in [4.78, 5) is 22.9. The molecule has 33 heavy (non-hydrogen) atoms. The van der Waals surface area contributed by atoms with Gasteiger partial charge in [-0.15, -0.1) is 0 Å². The van der Waals surface area contributed by atoms with Gasteiger partial charge in [-0.1, -0.05) is 23.7 Å². The molecule has 0 unspecified atom stereocenters. The maximum atomic E-state index is 11.9. The number of carbonyl (C=O) groups is 2. The third kappa shape index (κ3) is 7.86. The van der Waals surface area contributed by atoms with Crippen LogP contribution in [0.25, 0.3) is 0 Å². The van der Waals surface area contributed by atoms with Crippen LogP contribution in [0.2, 0.25) is 5.02 Å². The van der Waals surface area contributed by atoms with Crippen molar-refractivity contribution in [2.75, 3.05) is 6.61 Å². The summed E-state index contributed by atoms with van der Waals surface area (Å²) in [5, 5.41) is 13.5.